The lowest BCUT2D eigenvalue weighted by Crippen LogP contribution is -2.50. The van der Waals surface area contributed by atoms with Gasteiger partial charge in [-0.2, -0.15) is 0 Å². The van der Waals surface area contributed by atoms with E-state index in [9.17, 15) is 9.59 Å². The topological polar surface area (TPSA) is 55.4 Å². The third-order valence-electron chi connectivity index (χ3n) is 4.76. The number of unbranched alkanes of at least 4 members (excludes halogenated alkanes) is 1. The molecule has 0 heterocycles. The van der Waals surface area contributed by atoms with Crippen LogP contribution in [0.15, 0.2) is 60.7 Å². The van der Waals surface area contributed by atoms with E-state index in [1.54, 1.807) is 0 Å². The first-order valence-electron chi connectivity index (χ1n) is 8.97. The van der Waals surface area contributed by atoms with Crippen LogP contribution < -0.4 is 5.32 Å². The summed E-state index contributed by atoms with van der Waals surface area (Å²) in [7, 11) is 1.32. The molecule has 0 aromatic heterocycles. The van der Waals surface area contributed by atoms with Crippen LogP contribution in [0.4, 0.5) is 0 Å². The molecule has 1 N–H and O–H groups in total. The Kier molecular flexibility index (Phi) is 7.19. The molecule has 0 radical (unpaired) electrons. The fourth-order valence-electron chi connectivity index (χ4n) is 3.07. The Morgan fingerprint density at radius 3 is 2.04 bits per heavy atom. The normalized spacial score (nSPS) is 11.9. The fraction of sp³-hybridized carbons (Fsp3) is 0.304. The monoisotopic (exact) mass is 363 g/mol. The Bertz CT molecular complexity index is 754. The molecular formula is C23H25NO3. The van der Waals surface area contributed by atoms with Crippen LogP contribution in [0.5, 0.6) is 0 Å². The molecule has 4 nitrogen and oxygen atoms in total. The summed E-state index contributed by atoms with van der Waals surface area (Å²) in [5, 5.41) is 2.88. The second-order valence-electron chi connectivity index (χ2n) is 6.50. The van der Waals surface area contributed by atoms with Gasteiger partial charge in [-0.05, 0) is 30.9 Å². The second-order valence-corrected chi connectivity index (χ2v) is 6.50. The molecule has 0 saturated carbocycles. The van der Waals surface area contributed by atoms with Gasteiger partial charge in [-0.25, -0.2) is 4.79 Å². The molecule has 1 atom stereocenters. The van der Waals surface area contributed by atoms with Crippen molar-refractivity contribution >= 4 is 11.9 Å². The number of benzene rings is 2. The Morgan fingerprint density at radius 2 is 1.59 bits per heavy atom. The molecule has 27 heavy (non-hydrogen) atoms. The van der Waals surface area contributed by atoms with Crippen LogP contribution >= 0.6 is 0 Å². The van der Waals surface area contributed by atoms with Crippen molar-refractivity contribution in [2.24, 2.45) is 0 Å². The molecule has 0 fully saturated rings. The minimum Gasteiger partial charge on any atom is -0.467 e. The molecule has 2 aromatic rings. The van der Waals surface area contributed by atoms with Crippen molar-refractivity contribution in [1.82, 2.24) is 5.32 Å². The summed E-state index contributed by atoms with van der Waals surface area (Å²) in [5.74, 6) is 1.83. The highest BCUT2D eigenvalue weighted by atomic mass is 16.5. The summed E-state index contributed by atoms with van der Waals surface area (Å²) in [5.41, 5.74) is 0.753. The Labute approximate surface area is 160 Å². The highest BCUT2D eigenvalue weighted by Gasteiger charge is 2.38. The first kappa shape index (κ1) is 20.3. The predicted octanol–water partition coefficient (Wildman–Crippen LogP) is 3.45. The summed E-state index contributed by atoms with van der Waals surface area (Å²) >= 11 is 0. The van der Waals surface area contributed by atoms with Gasteiger partial charge in [-0.15, -0.1) is 12.3 Å². The number of amides is 1. The first-order chi connectivity index (χ1) is 13.0. The molecule has 0 saturated heterocycles. The average Bonchev–Trinajstić information content (AvgIpc) is 2.73. The van der Waals surface area contributed by atoms with Gasteiger partial charge in [-0.3, -0.25) is 4.79 Å². The second kappa shape index (κ2) is 9.59. The van der Waals surface area contributed by atoms with Crippen molar-refractivity contribution in [3.63, 3.8) is 0 Å². The van der Waals surface area contributed by atoms with Crippen LogP contribution in [-0.4, -0.2) is 25.0 Å². The van der Waals surface area contributed by atoms with Crippen LogP contribution in [0.25, 0.3) is 0 Å². The lowest BCUT2D eigenvalue weighted by molar-refractivity contribution is -0.145. The maximum atomic E-state index is 13.4. The summed E-state index contributed by atoms with van der Waals surface area (Å²) < 4.78 is 4.86. The lowest BCUT2D eigenvalue weighted by Gasteiger charge is -2.31. The Balaban J connectivity index is 2.36. The molecule has 2 aromatic carbocycles. The van der Waals surface area contributed by atoms with Crippen molar-refractivity contribution in [1.29, 1.82) is 0 Å². The van der Waals surface area contributed by atoms with Gasteiger partial charge in [0.1, 0.15) is 6.04 Å². The minimum absolute atomic E-state index is 0.254. The van der Waals surface area contributed by atoms with Gasteiger partial charge >= 0.3 is 5.97 Å². The highest BCUT2D eigenvalue weighted by Crippen LogP contribution is 2.32. The molecular weight excluding hydrogens is 338 g/mol. The summed E-state index contributed by atoms with van der Waals surface area (Å²) in [4.78, 5) is 25.5. The quantitative estimate of drug-likeness (QED) is 0.444. The van der Waals surface area contributed by atoms with E-state index in [4.69, 9.17) is 11.2 Å². The van der Waals surface area contributed by atoms with E-state index in [2.05, 4.69) is 11.2 Å². The van der Waals surface area contributed by atoms with Gasteiger partial charge in [0, 0.05) is 6.42 Å². The Morgan fingerprint density at radius 1 is 1.07 bits per heavy atom. The van der Waals surface area contributed by atoms with Crippen LogP contribution in [0.3, 0.4) is 0 Å². The van der Waals surface area contributed by atoms with Crippen LogP contribution in [0.2, 0.25) is 0 Å². The summed E-state index contributed by atoms with van der Waals surface area (Å²) in [6.07, 6.45) is 6.89. The summed E-state index contributed by atoms with van der Waals surface area (Å²) in [6.45, 7) is 1.86. The van der Waals surface area contributed by atoms with E-state index in [1.165, 1.54) is 7.11 Å². The van der Waals surface area contributed by atoms with E-state index >= 15 is 0 Å². The number of terminal acetylenes is 1. The zero-order valence-corrected chi connectivity index (χ0v) is 15.8. The number of hydrogen-bond donors (Lipinski definition) is 1. The van der Waals surface area contributed by atoms with E-state index < -0.39 is 17.4 Å². The number of carbonyl (C=O) groups is 2. The number of carbonyl (C=O) groups excluding carboxylic acids is 2. The van der Waals surface area contributed by atoms with Crippen LogP contribution in [0, 0.1) is 12.3 Å². The number of hydrogen-bond acceptors (Lipinski definition) is 3. The SMILES string of the molecule is C#CCCC[C@@H](NC(=O)C(C)(c1ccccc1)c1ccccc1)C(=O)OC. The van der Waals surface area contributed by atoms with E-state index in [0.29, 0.717) is 19.3 Å². The van der Waals surface area contributed by atoms with Gasteiger partial charge < -0.3 is 10.1 Å². The van der Waals surface area contributed by atoms with Gasteiger partial charge in [0.25, 0.3) is 0 Å². The zero-order chi connectivity index (χ0) is 19.7. The van der Waals surface area contributed by atoms with Gasteiger partial charge in [0.05, 0.1) is 12.5 Å². The molecule has 1 amide bonds. The molecule has 0 aliphatic rings. The van der Waals surface area contributed by atoms with Gasteiger partial charge in [0.15, 0.2) is 0 Å². The average molecular weight is 363 g/mol. The molecule has 140 valence electrons. The van der Waals surface area contributed by atoms with Crippen LogP contribution in [0.1, 0.15) is 37.3 Å². The van der Waals surface area contributed by atoms with Gasteiger partial charge in [0.2, 0.25) is 5.91 Å². The van der Waals surface area contributed by atoms with E-state index in [1.807, 2.05) is 67.6 Å². The number of ether oxygens (including phenoxy) is 1. The van der Waals surface area contributed by atoms with Crippen molar-refractivity contribution in [3.8, 4) is 12.3 Å². The number of esters is 1. The molecule has 2 rings (SSSR count). The first-order valence-corrected chi connectivity index (χ1v) is 8.97. The number of methoxy groups -OCH3 is 1. The molecule has 0 spiro atoms. The third kappa shape index (κ3) is 4.77. The summed E-state index contributed by atoms with van der Waals surface area (Å²) in [6, 6.07) is 18.3. The minimum atomic E-state index is -0.944. The maximum Gasteiger partial charge on any atom is 0.328 e. The van der Waals surface area contributed by atoms with Crippen molar-refractivity contribution in [3.05, 3.63) is 71.8 Å². The predicted molar refractivity (Wildman–Crippen MR) is 106 cm³/mol. The highest BCUT2D eigenvalue weighted by molar-refractivity contribution is 5.94. The fourth-order valence-corrected chi connectivity index (χ4v) is 3.07. The zero-order valence-electron chi connectivity index (χ0n) is 15.8. The largest absolute Gasteiger partial charge is 0.467 e. The van der Waals surface area contributed by atoms with E-state index in [0.717, 1.165) is 11.1 Å². The standard InChI is InChI=1S/C23H25NO3/c1-4-5-8-17-20(21(25)27-3)24-22(26)23(2,18-13-9-6-10-14-18)19-15-11-7-12-16-19/h1,6-7,9-16,20H,5,8,17H2,2-3H3,(H,24,26)/t20-/m1/s1. The third-order valence-corrected chi connectivity index (χ3v) is 4.76. The molecule has 0 aliphatic carbocycles. The molecule has 0 unspecified atom stereocenters. The van der Waals surface area contributed by atoms with Crippen molar-refractivity contribution in [2.75, 3.05) is 7.11 Å². The Hall–Kier alpha value is -3.06. The number of nitrogens with one attached hydrogen (secondary N) is 1. The molecule has 4 heteroatoms. The smallest absolute Gasteiger partial charge is 0.328 e. The van der Waals surface area contributed by atoms with Gasteiger partial charge in [-0.1, -0.05) is 60.7 Å². The lowest BCUT2D eigenvalue weighted by atomic mass is 9.75. The van der Waals surface area contributed by atoms with E-state index in [-0.39, 0.29) is 5.91 Å². The maximum absolute atomic E-state index is 13.4. The van der Waals surface area contributed by atoms with Crippen molar-refractivity contribution < 1.29 is 14.3 Å². The van der Waals surface area contributed by atoms with Crippen molar-refractivity contribution in [2.45, 2.75) is 37.6 Å². The number of rotatable bonds is 8. The molecule has 0 bridgehead atoms. The molecule has 0 aliphatic heterocycles. The van der Waals surface area contributed by atoms with Crippen LogP contribution in [-0.2, 0) is 19.7 Å².